The van der Waals surface area contributed by atoms with E-state index in [0.717, 1.165) is 31.6 Å². The largest absolute Gasteiger partial charge is 0.342 e. The lowest BCUT2D eigenvalue weighted by Gasteiger charge is -2.19. The summed E-state index contributed by atoms with van der Waals surface area (Å²) in [6.07, 6.45) is 8.40. The first kappa shape index (κ1) is 14.9. The Balaban J connectivity index is 1.58. The van der Waals surface area contributed by atoms with Crippen LogP contribution in [0.15, 0.2) is 23.8 Å². The van der Waals surface area contributed by atoms with Gasteiger partial charge >= 0.3 is 0 Å². The molecule has 3 heterocycles. The molecule has 0 unspecified atom stereocenters. The highest BCUT2D eigenvalue weighted by atomic mass is 32.1. The fourth-order valence-electron chi connectivity index (χ4n) is 2.49. The van der Waals surface area contributed by atoms with Gasteiger partial charge in [0.2, 0.25) is 11.9 Å². The molecule has 1 aliphatic heterocycles. The standard InChI is InChI=1S/C15H19N5OS/c21-13(20-8-3-1-2-4-9-20)10-12-11-22-15(18-12)19-14-16-6-5-7-17-14/h5-7,11H,1-4,8-10H2,(H,16,17,18,19). The van der Waals surface area contributed by atoms with Crippen molar-refractivity contribution in [1.82, 2.24) is 19.9 Å². The van der Waals surface area contributed by atoms with E-state index < -0.39 is 0 Å². The third-order valence-corrected chi connectivity index (χ3v) is 4.43. The van der Waals surface area contributed by atoms with Crippen LogP contribution in [0, 0.1) is 0 Å². The van der Waals surface area contributed by atoms with Crippen molar-refractivity contribution < 1.29 is 4.79 Å². The van der Waals surface area contributed by atoms with Crippen molar-refractivity contribution >= 4 is 28.3 Å². The smallest absolute Gasteiger partial charge is 0.228 e. The van der Waals surface area contributed by atoms with E-state index in [4.69, 9.17) is 0 Å². The quantitative estimate of drug-likeness (QED) is 0.938. The van der Waals surface area contributed by atoms with Crippen molar-refractivity contribution in [3.63, 3.8) is 0 Å². The molecule has 2 aromatic rings. The second-order valence-corrected chi connectivity index (χ2v) is 6.17. The van der Waals surface area contributed by atoms with Crippen LogP contribution in [-0.2, 0) is 11.2 Å². The number of aromatic nitrogens is 3. The maximum absolute atomic E-state index is 12.3. The molecule has 2 aromatic heterocycles. The van der Waals surface area contributed by atoms with Crippen molar-refractivity contribution in [2.24, 2.45) is 0 Å². The maximum Gasteiger partial charge on any atom is 0.228 e. The van der Waals surface area contributed by atoms with Crippen LogP contribution in [0.3, 0.4) is 0 Å². The molecular weight excluding hydrogens is 298 g/mol. The number of nitrogens with one attached hydrogen (secondary N) is 1. The monoisotopic (exact) mass is 317 g/mol. The fourth-order valence-corrected chi connectivity index (χ4v) is 3.20. The van der Waals surface area contributed by atoms with Gasteiger partial charge < -0.3 is 10.2 Å². The summed E-state index contributed by atoms with van der Waals surface area (Å²) in [7, 11) is 0. The first-order valence-corrected chi connectivity index (χ1v) is 8.45. The van der Waals surface area contributed by atoms with Crippen LogP contribution >= 0.6 is 11.3 Å². The summed E-state index contributed by atoms with van der Waals surface area (Å²) >= 11 is 1.46. The van der Waals surface area contributed by atoms with Crippen molar-refractivity contribution in [1.29, 1.82) is 0 Å². The summed E-state index contributed by atoms with van der Waals surface area (Å²) in [5.41, 5.74) is 0.803. The van der Waals surface area contributed by atoms with Crippen molar-refractivity contribution in [2.75, 3.05) is 18.4 Å². The van der Waals surface area contributed by atoms with Crippen LogP contribution < -0.4 is 5.32 Å². The van der Waals surface area contributed by atoms with Crippen LogP contribution in [0.2, 0.25) is 0 Å². The van der Waals surface area contributed by atoms with Crippen LogP contribution in [0.4, 0.5) is 11.1 Å². The predicted octanol–water partition coefficient (Wildman–Crippen LogP) is 2.62. The van der Waals surface area contributed by atoms with Gasteiger partial charge in [-0.25, -0.2) is 15.0 Å². The molecule has 116 valence electrons. The van der Waals surface area contributed by atoms with Gasteiger partial charge in [0, 0.05) is 30.9 Å². The molecule has 1 amide bonds. The molecule has 0 aliphatic carbocycles. The lowest BCUT2D eigenvalue weighted by Crippen LogP contribution is -2.33. The predicted molar refractivity (Wildman–Crippen MR) is 86.2 cm³/mol. The highest BCUT2D eigenvalue weighted by Crippen LogP contribution is 2.19. The molecule has 6 nitrogen and oxygen atoms in total. The summed E-state index contributed by atoms with van der Waals surface area (Å²) < 4.78 is 0. The van der Waals surface area contributed by atoms with Gasteiger partial charge in [0.25, 0.3) is 0 Å². The Morgan fingerprint density at radius 3 is 2.64 bits per heavy atom. The Bertz CT molecular complexity index is 607. The average molecular weight is 317 g/mol. The number of carbonyl (C=O) groups is 1. The van der Waals surface area contributed by atoms with Crippen LogP contribution in [0.1, 0.15) is 31.4 Å². The number of thiazole rings is 1. The molecule has 0 aromatic carbocycles. The Labute approximate surface area is 133 Å². The summed E-state index contributed by atoms with van der Waals surface area (Å²) in [6, 6.07) is 1.76. The molecule has 7 heteroatoms. The van der Waals surface area contributed by atoms with E-state index in [1.165, 1.54) is 24.2 Å². The summed E-state index contributed by atoms with van der Waals surface area (Å²) in [4.78, 5) is 26.9. The van der Waals surface area contributed by atoms with Gasteiger partial charge in [-0.3, -0.25) is 4.79 Å². The lowest BCUT2D eigenvalue weighted by molar-refractivity contribution is -0.130. The number of rotatable bonds is 4. The number of carbonyl (C=O) groups excluding carboxylic acids is 1. The van der Waals surface area contributed by atoms with E-state index in [0.29, 0.717) is 17.5 Å². The third-order valence-electron chi connectivity index (χ3n) is 3.63. The lowest BCUT2D eigenvalue weighted by atomic mass is 10.2. The molecule has 0 saturated carbocycles. The second kappa shape index (κ2) is 7.31. The molecule has 0 radical (unpaired) electrons. The molecule has 22 heavy (non-hydrogen) atoms. The molecule has 3 rings (SSSR count). The minimum Gasteiger partial charge on any atom is -0.342 e. The number of amides is 1. The van der Waals surface area contributed by atoms with Crippen LogP contribution in [-0.4, -0.2) is 38.8 Å². The molecule has 0 bridgehead atoms. The second-order valence-electron chi connectivity index (χ2n) is 5.31. The Hall–Kier alpha value is -2.02. The zero-order valence-electron chi connectivity index (χ0n) is 12.4. The maximum atomic E-state index is 12.3. The number of hydrogen-bond acceptors (Lipinski definition) is 6. The van der Waals surface area contributed by atoms with E-state index in [-0.39, 0.29) is 5.91 Å². The van der Waals surface area contributed by atoms with Crippen molar-refractivity contribution in [3.8, 4) is 0 Å². The Kier molecular flexibility index (Phi) is 4.95. The molecule has 1 N–H and O–H groups in total. The molecule has 1 saturated heterocycles. The SMILES string of the molecule is O=C(Cc1csc(Nc2ncccn2)n1)N1CCCCCC1. The fraction of sp³-hybridized carbons (Fsp3) is 0.467. The average Bonchev–Trinajstić information content (AvgIpc) is 2.80. The highest BCUT2D eigenvalue weighted by molar-refractivity contribution is 7.13. The summed E-state index contributed by atoms with van der Waals surface area (Å²) in [6.45, 7) is 1.76. The number of hydrogen-bond donors (Lipinski definition) is 1. The minimum absolute atomic E-state index is 0.176. The third kappa shape index (κ3) is 4.00. The molecule has 1 fully saturated rings. The van der Waals surface area contributed by atoms with Gasteiger partial charge in [-0.15, -0.1) is 11.3 Å². The summed E-state index contributed by atoms with van der Waals surface area (Å²) in [5.74, 6) is 0.692. The van der Waals surface area contributed by atoms with Gasteiger partial charge in [-0.05, 0) is 18.9 Å². The number of nitrogens with zero attached hydrogens (tertiary/aromatic N) is 4. The van der Waals surface area contributed by atoms with E-state index in [9.17, 15) is 4.79 Å². The zero-order chi connectivity index (χ0) is 15.2. The molecular formula is C15H19N5OS. The van der Waals surface area contributed by atoms with Gasteiger partial charge in [-0.1, -0.05) is 12.8 Å². The van der Waals surface area contributed by atoms with Crippen LogP contribution in [0.5, 0.6) is 0 Å². The normalized spacial score (nSPS) is 15.4. The van der Waals surface area contributed by atoms with Crippen LogP contribution in [0.25, 0.3) is 0 Å². The first-order chi connectivity index (χ1) is 10.8. The topological polar surface area (TPSA) is 71.0 Å². The van der Waals surface area contributed by atoms with Gasteiger partial charge in [-0.2, -0.15) is 0 Å². The van der Waals surface area contributed by atoms with E-state index in [1.807, 2.05) is 10.3 Å². The Morgan fingerprint density at radius 2 is 1.91 bits per heavy atom. The van der Waals surface area contributed by atoms with E-state index in [2.05, 4.69) is 20.3 Å². The number of anilines is 2. The molecule has 0 atom stereocenters. The summed E-state index contributed by atoms with van der Waals surface area (Å²) in [5, 5.41) is 5.68. The zero-order valence-corrected chi connectivity index (χ0v) is 13.2. The molecule has 0 spiro atoms. The minimum atomic E-state index is 0.176. The Morgan fingerprint density at radius 1 is 1.18 bits per heavy atom. The van der Waals surface area contributed by atoms with Gasteiger partial charge in [0.15, 0.2) is 5.13 Å². The molecule has 1 aliphatic rings. The van der Waals surface area contributed by atoms with E-state index in [1.54, 1.807) is 18.5 Å². The van der Waals surface area contributed by atoms with Crippen molar-refractivity contribution in [3.05, 3.63) is 29.5 Å². The first-order valence-electron chi connectivity index (χ1n) is 7.57. The number of likely N-dealkylation sites (tertiary alicyclic amines) is 1. The highest BCUT2D eigenvalue weighted by Gasteiger charge is 2.17. The van der Waals surface area contributed by atoms with Gasteiger partial charge in [0.1, 0.15) is 0 Å². The van der Waals surface area contributed by atoms with E-state index >= 15 is 0 Å². The van der Waals surface area contributed by atoms with Crippen molar-refractivity contribution in [2.45, 2.75) is 32.1 Å². The van der Waals surface area contributed by atoms with Gasteiger partial charge in [0.05, 0.1) is 12.1 Å².